The number of fused-ring (bicyclic) bond motifs is 1. The molecule has 6 heteroatoms. The number of carbonyl (C=O) groups excluding carboxylic acids is 1. The number of halogens is 1. The van der Waals surface area contributed by atoms with Crippen LogP contribution < -0.4 is 14.8 Å². The molecule has 0 bridgehead atoms. The Balaban J connectivity index is 1.81. The van der Waals surface area contributed by atoms with E-state index in [1.807, 2.05) is 6.07 Å². The molecule has 0 aliphatic carbocycles. The second kappa shape index (κ2) is 7.17. The minimum Gasteiger partial charge on any atom is -0.494 e. The standard InChI is InChI=1S/C19H17FN2O3/c1-12(25-16-8-4-3-7-14(16)20)19(23)22-15-9-10-17(24-2)18-13(15)6-5-11-21-18/h3-12H,1-2H3,(H,22,23). The van der Waals surface area contributed by atoms with Gasteiger partial charge < -0.3 is 14.8 Å². The van der Waals surface area contributed by atoms with Gasteiger partial charge in [0, 0.05) is 11.6 Å². The van der Waals surface area contributed by atoms with E-state index >= 15 is 0 Å². The molecular formula is C19H17FN2O3. The van der Waals surface area contributed by atoms with Crippen molar-refractivity contribution < 1.29 is 18.7 Å². The Kier molecular flexibility index (Phi) is 4.79. The molecule has 0 spiro atoms. The number of nitrogens with zero attached hydrogens (tertiary/aromatic N) is 1. The maximum Gasteiger partial charge on any atom is 0.265 e. The van der Waals surface area contributed by atoms with E-state index in [4.69, 9.17) is 9.47 Å². The summed E-state index contributed by atoms with van der Waals surface area (Å²) in [7, 11) is 1.56. The number of pyridine rings is 1. The molecule has 1 amide bonds. The quantitative estimate of drug-likeness (QED) is 0.768. The fourth-order valence-electron chi connectivity index (χ4n) is 2.44. The molecular weight excluding hydrogens is 323 g/mol. The summed E-state index contributed by atoms with van der Waals surface area (Å²) in [6, 6.07) is 13.0. The summed E-state index contributed by atoms with van der Waals surface area (Å²) in [5, 5.41) is 3.54. The van der Waals surface area contributed by atoms with Crippen LogP contribution in [-0.4, -0.2) is 24.1 Å². The number of aromatic nitrogens is 1. The first-order valence-electron chi connectivity index (χ1n) is 7.74. The Bertz CT molecular complexity index is 914. The van der Waals surface area contributed by atoms with Gasteiger partial charge in [-0.3, -0.25) is 9.78 Å². The van der Waals surface area contributed by atoms with Gasteiger partial charge in [-0.15, -0.1) is 0 Å². The maximum atomic E-state index is 13.7. The van der Waals surface area contributed by atoms with Gasteiger partial charge in [-0.2, -0.15) is 0 Å². The van der Waals surface area contributed by atoms with Crippen LogP contribution in [0.15, 0.2) is 54.7 Å². The van der Waals surface area contributed by atoms with Crippen LogP contribution in [0.3, 0.4) is 0 Å². The van der Waals surface area contributed by atoms with Gasteiger partial charge >= 0.3 is 0 Å². The normalized spacial score (nSPS) is 11.8. The van der Waals surface area contributed by atoms with Gasteiger partial charge in [0.1, 0.15) is 11.3 Å². The molecule has 3 rings (SSSR count). The Morgan fingerprint density at radius 1 is 1.12 bits per heavy atom. The van der Waals surface area contributed by atoms with Crippen LogP contribution in [0.25, 0.3) is 10.9 Å². The molecule has 1 unspecified atom stereocenters. The molecule has 1 atom stereocenters. The minimum atomic E-state index is -0.870. The summed E-state index contributed by atoms with van der Waals surface area (Å²) in [6.45, 7) is 1.56. The first-order chi connectivity index (χ1) is 12.1. The average Bonchev–Trinajstić information content (AvgIpc) is 2.63. The molecule has 0 aliphatic rings. The molecule has 2 aromatic carbocycles. The van der Waals surface area contributed by atoms with Crippen molar-refractivity contribution in [3.63, 3.8) is 0 Å². The fourth-order valence-corrected chi connectivity index (χ4v) is 2.44. The van der Waals surface area contributed by atoms with Crippen LogP contribution >= 0.6 is 0 Å². The van der Waals surface area contributed by atoms with E-state index in [9.17, 15) is 9.18 Å². The fraction of sp³-hybridized carbons (Fsp3) is 0.158. The zero-order valence-electron chi connectivity index (χ0n) is 13.8. The second-order valence-electron chi connectivity index (χ2n) is 5.39. The summed E-state index contributed by atoms with van der Waals surface area (Å²) in [4.78, 5) is 16.7. The molecule has 1 heterocycles. The number of hydrogen-bond donors (Lipinski definition) is 1. The van der Waals surface area contributed by atoms with E-state index in [0.29, 0.717) is 17.0 Å². The summed E-state index contributed by atoms with van der Waals surface area (Å²) < 4.78 is 24.3. The lowest BCUT2D eigenvalue weighted by atomic mass is 10.1. The maximum absolute atomic E-state index is 13.7. The van der Waals surface area contributed by atoms with Gasteiger partial charge in [-0.1, -0.05) is 12.1 Å². The number of rotatable bonds is 5. The van der Waals surface area contributed by atoms with E-state index in [0.717, 1.165) is 5.39 Å². The summed E-state index contributed by atoms with van der Waals surface area (Å²) in [5.74, 6) is -0.254. The highest BCUT2D eigenvalue weighted by Gasteiger charge is 2.18. The minimum absolute atomic E-state index is 0.0337. The third-order valence-corrected chi connectivity index (χ3v) is 3.72. The number of carbonyl (C=O) groups is 1. The molecule has 5 nitrogen and oxygen atoms in total. The van der Waals surface area contributed by atoms with Crippen LogP contribution in [0.1, 0.15) is 6.92 Å². The Morgan fingerprint density at radius 2 is 1.92 bits per heavy atom. The molecule has 0 fully saturated rings. The zero-order chi connectivity index (χ0) is 17.8. The molecule has 128 valence electrons. The molecule has 0 saturated carbocycles. The third-order valence-electron chi connectivity index (χ3n) is 3.72. The van der Waals surface area contributed by atoms with Crippen LogP contribution in [0, 0.1) is 5.82 Å². The van der Waals surface area contributed by atoms with Crippen molar-refractivity contribution in [2.75, 3.05) is 12.4 Å². The van der Waals surface area contributed by atoms with E-state index in [2.05, 4.69) is 10.3 Å². The third kappa shape index (κ3) is 3.52. The van der Waals surface area contributed by atoms with Crippen molar-refractivity contribution in [1.82, 2.24) is 4.98 Å². The largest absolute Gasteiger partial charge is 0.494 e. The summed E-state index contributed by atoms with van der Waals surface area (Å²) >= 11 is 0. The average molecular weight is 340 g/mol. The van der Waals surface area contributed by atoms with Gasteiger partial charge in [-0.25, -0.2) is 4.39 Å². The van der Waals surface area contributed by atoms with Crippen molar-refractivity contribution >= 4 is 22.5 Å². The van der Waals surface area contributed by atoms with Crippen molar-refractivity contribution in [3.05, 3.63) is 60.5 Å². The van der Waals surface area contributed by atoms with Gasteiger partial charge in [0.25, 0.3) is 5.91 Å². The van der Waals surface area contributed by atoms with Crippen molar-refractivity contribution in [2.45, 2.75) is 13.0 Å². The zero-order valence-corrected chi connectivity index (χ0v) is 13.8. The number of benzene rings is 2. The Labute approximate surface area is 144 Å². The number of para-hydroxylation sites is 1. The first-order valence-corrected chi connectivity index (χ1v) is 7.74. The molecule has 0 saturated heterocycles. The number of amides is 1. The monoisotopic (exact) mass is 340 g/mol. The lowest BCUT2D eigenvalue weighted by molar-refractivity contribution is -0.122. The van der Waals surface area contributed by atoms with Gasteiger partial charge in [0.05, 0.1) is 12.8 Å². The molecule has 0 aliphatic heterocycles. The van der Waals surface area contributed by atoms with E-state index in [-0.39, 0.29) is 5.75 Å². The Morgan fingerprint density at radius 3 is 2.68 bits per heavy atom. The SMILES string of the molecule is COc1ccc(NC(=O)C(C)Oc2ccccc2F)c2cccnc12. The highest BCUT2D eigenvalue weighted by atomic mass is 19.1. The topological polar surface area (TPSA) is 60.5 Å². The summed E-state index contributed by atoms with van der Waals surface area (Å²) in [5.41, 5.74) is 1.23. The smallest absolute Gasteiger partial charge is 0.265 e. The molecule has 1 aromatic heterocycles. The summed E-state index contributed by atoms with van der Waals surface area (Å²) in [6.07, 6.45) is 0.783. The van der Waals surface area contributed by atoms with Gasteiger partial charge in [-0.05, 0) is 43.3 Å². The van der Waals surface area contributed by atoms with Crippen LogP contribution in [0.4, 0.5) is 10.1 Å². The second-order valence-corrected chi connectivity index (χ2v) is 5.39. The van der Waals surface area contributed by atoms with E-state index in [1.165, 1.54) is 12.1 Å². The highest BCUT2D eigenvalue weighted by Crippen LogP contribution is 2.30. The van der Waals surface area contributed by atoms with Gasteiger partial charge in [0.2, 0.25) is 0 Å². The number of ether oxygens (including phenoxy) is 2. The van der Waals surface area contributed by atoms with Crippen molar-refractivity contribution in [1.29, 1.82) is 0 Å². The van der Waals surface area contributed by atoms with Crippen molar-refractivity contribution in [2.24, 2.45) is 0 Å². The predicted molar refractivity (Wildman–Crippen MR) is 93.4 cm³/mol. The number of methoxy groups -OCH3 is 1. The van der Waals surface area contributed by atoms with E-state index in [1.54, 1.807) is 50.6 Å². The molecule has 0 radical (unpaired) electrons. The molecule has 25 heavy (non-hydrogen) atoms. The number of nitrogens with one attached hydrogen (secondary N) is 1. The Hall–Kier alpha value is -3.15. The van der Waals surface area contributed by atoms with Crippen molar-refractivity contribution in [3.8, 4) is 11.5 Å². The van der Waals surface area contributed by atoms with E-state index < -0.39 is 17.8 Å². The molecule has 3 aromatic rings. The van der Waals surface area contributed by atoms with Crippen LogP contribution in [0.2, 0.25) is 0 Å². The lowest BCUT2D eigenvalue weighted by Crippen LogP contribution is -2.30. The predicted octanol–water partition coefficient (Wildman–Crippen LogP) is 3.79. The lowest BCUT2D eigenvalue weighted by Gasteiger charge is -2.16. The molecule has 1 N–H and O–H groups in total. The van der Waals surface area contributed by atoms with Crippen LogP contribution in [0.5, 0.6) is 11.5 Å². The van der Waals surface area contributed by atoms with Gasteiger partial charge in [0.15, 0.2) is 17.7 Å². The number of anilines is 1. The first kappa shape index (κ1) is 16.7. The highest BCUT2D eigenvalue weighted by molar-refractivity contribution is 6.04. The number of hydrogen-bond acceptors (Lipinski definition) is 4. The van der Waals surface area contributed by atoms with Crippen LogP contribution in [-0.2, 0) is 4.79 Å².